The van der Waals surface area contributed by atoms with Crippen LogP contribution >= 0.6 is 0 Å². The van der Waals surface area contributed by atoms with Crippen molar-refractivity contribution in [2.75, 3.05) is 13.2 Å². The number of benzene rings is 1. The van der Waals surface area contributed by atoms with E-state index in [0.717, 1.165) is 5.56 Å². The van der Waals surface area contributed by atoms with Crippen LogP contribution < -0.4 is 5.32 Å². The van der Waals surface area contributed by atoms with Crippen molar-refractivity contribution in [3.05, 3.63) is 35.4 Å². The highest BCUT2D eigenvalue weighted by Crippen LogP contribution is 2.21. The number of carbonyl (C=O) groups excluding carboxylic acids is 1. The molecule has 0 aromatic heterocycles. The molecular weight excluding hydrogens is 230 g/mol. The fourth-order valence-electron chi connectivity index (χ4n) is 1.99. The molecule has 1 heterocycles. The fraction of sp³-hybridized carbons (Fsp3) is 0.500. The third kappa shape index (κ3) is 3.09. The summed E-state index contributed by atoms with van der Waals surface area (Å²) in [6.07, 6.45) is -0.0760. The summed E-state index contributed by atoms with van der Waals surface area (Å²) in [7, 11) is 0. The van der Waals surface area contributed by atoms with Crippen LogP contribution in [0, 0.1) is 6.92 Å². The monoisotopic (exact) mass is 249 g/mol. The molecule has 18 heavy (non-hydrogen) atoms. The first-order valence-corrected chi connectivity index (χ1v) is 6.13. The van der Waals surface area contributed by atoms with E-state index >= 15 is 0 Å². The molecule has 0 aliphatic carbocycles. The topological polar surface area (TPSA) is 47.6 Å². The molecule has 1 aromatic carbocycles. The van der Waals surface area contributed by atoms with Crippen LogP contribution in [-0.2, 0) is 9.47 Å². The quantitative estimate of drug-likeness (QED) is 0.889. The maximum Gasteiger partial charge on any atom is 0.251 e. The number of amides is 1. The van der Waals surface area contributed by atoms with E-state index in [1.54, 1.807) is 0 Å². The van der Waals surface area contributed by atoms with Gasteiger partial charge < -0.3 is 14.8 Å². The number of nitrogens with one attached hydrogen (secondary N) is 1. The first kappa shape index (κ1) is 13.1. The number of ether oxygens (including phenoxy) is 2. The minimum absolute atomic E-state index is 0.0681. The Morgan fingerprint density at radius 3 is 2.78 bits per heavy atom. The van der Waals surface area contributed by atoms with Gasteiger partial charge in [0.1, 0.15) is 6.10 Å². The van der Waals surface area contributed by atoms with Crippen molar-refractivity contribution in [1.82, 2.24) is 5.32 Å². The van der Waals surface area contributed by atoms with Crippen LogP contribution in [-0.4, -0.2) is 30.9 Å². The molecule has 98 valence electrons. The SMILES string of the molecule is Cc1ccccc1C(=O)NCC1COC(C)(C)O1. The zero-order valence-electron chi connectivity index (χ0n) is 11.0. The third-order valence-electron chi connectivity index (χ3n) is 2.95. The maximum absolute atomic E-state index is 12.0. The molecule has 1 atom stereocenters. The van der Waals surface area contributed by atoms with Crippen LogP contribution in [0.1, 0.15) is 29.8 Å². The Hall–Kier alpha value is -1.39. The molecule has 0 spiro atoms. The summed E-state index contributed by atoms with van der Waals surface area (Å²) in [5.74, 6) is -0.612. The largest absolute Gasteiger partial charge is 0.349 e. The van der Waals surface area contributed by atoms with E-state index in [9.17, 15) is 4.79 Å². The van der Waals surface area contributed by atoms with Crippen LogP contribution in [0.25, 0.3) is 0 Å². The Balaban J connectivity index is 1.88. The van der Waals surface area contributed by atoms with Gasteiger partial charge in [0.15, 0.2) is 5.79 Å². The summed E-state index contributed by atoms with van der Waals surface area (Å²) in [6.45, 7) is 6.65. The second kappa shape index (κ2) is 5.08. The average molecular weight is 249 g/mol. The summed E-state index contributed by atoms with van der Waals surface area (Å²) >= 11 is 0. The van der Waals surface area contributed by atoms with Crippen molar-refractivity contribution in [3.63, 3.8) is 0 Å². The minimum Gasteiger partial charge on any atom is -0.349 e. The van der Waals surface area contributed by atoms with Gasteiger partial charge in [0.05, 0.1) is 6.61 Å². The number of hydrogen-bond acceptors (Lipinski definition) is 3. The molecule has 1 aliphatic heterocycles. The van der Waals surface area contributed by atoms with Gasteiger partial charge in [-0.1, -0.05) is 18.2 Å². The smallest absolute Gasteiger partial charge is 0.251 e. The molecule has 2 rings (SSSR count). The third-order valence-corrected chi connectivity index (χ3v) is 2.95. The second-order valence-corrected chi connectivity index (χ2v) is 4.98. The molecule has 1 fully saturated rings. The van der Waals surface area contributed by atoms with E-state index in [2.05, 4.69) is 5.32 Å². The van der Waals surface area contributed by atoms with Gasteiger partial charge in [-0.15, -0.1) is 0 Å². The van der Waals surface area contributed by atoms with Gasteiger partial charge in [0.2, 0.25) is 0 Å². The Kier molecular flexibility index (Phi) is 3.68. The highest BCUT2D eigenvalue weighted by atomic mass is 16.7. The van der Waals surface area contributed by atoms with E-state index in [1.165, 1.54) is 0 Å². The maximum atomic E-state index is 12.0. The van der Waals surface area contributed by atoms with Gasteiger partial charge in [-0.25, -0.2) is 0 Å². The normalized spacial score (nSPS) is 21.8. The average Bonchev–Trinajstić information content (AvgIpc) is 2.66. The predicted octanol–water partition coefficient (Wildman–Crippen LogP) is 1.88. The van der Waals surface area contributed by atoms with Crippen LogP contribution in [0.3, 0.4) is 0 Å². The van der Waals surface area contributed by atoms with Crippen molar-refractivity contribution >= 4 is 5.91 Å². The van der Waals surface area contributed by atoms with E-state index in [-0.39, 0.29) is 12.0 Å². The molecule has 4 heteroatoms. The summed E-state index contributed by atoms with van der Waals surface area (Å²) in [5, 5.41) is 2.88. The van der Waals surface area contributed by atoms with Crippen molar-refractivity contribution in [2.24, 2.45) is 0 Å². The lowest BCUT2D eigenvalue weighted by Crippen LogP contribution is -2.34. The van der Waals surface area contributed by atoms with Crippen LogP contribution in [0.15, 0.2) is 24.3 Å². The van der Waals surface area contributed by atoms with Crippen molar-refractivity contribution in [2.45, 2.75) is 32.7 Å². The first-order valence-electron chi connectivity index (χ1n) is 6.13. The molecular formula is C14H19NO3. The summed E-state index contributed by atoms with van der Waals surface area (Å²) in [6, 6.07) is 7.52. The fourth-order valence-corrected chi connectivity index (χ4v) is 1.99. The Morgan fingerprint density at radius 1 is 1.44 bits per heavy atom. The van der Waals surface area contributed by atoms with Gasteiger partial charge in [0.25, 0.3) is 5.91 Å². The number of hydrogen-bond donors (Lipinski definition) is 1. The zero-order valence-corrected chi connectivity index (χ0v) is 11.0. The van der Waals surface area contributed by atoms with Crippen LogP contribution in [0.2, 0.25) is 0 Å². The van der Waals surface area contributed by atoms with Crippen LogP contribution in [0.4, 0.5) is 0 Å². The Morgan fingerprint density at radius 2 is 2.17 bits per heavy atom. The highest BCUT2D eigenvalue weighted by Gasteiger charge is 2.32. The van der Waals surface area contributed by atoms with E-state index in [4.69, 9.17) is 9.47 Å². The molecule has 1 aliphatic rings. The first-order chi connectivity index (χ1) is 8.48. The Bertz CT molecular complexity index is 442. The van der Waals surface area contributed by atoms with Crippen LogP contribution in [0.5, 0.6) is 0 Å². The lowest BCUT2D eigenvalue weighted by molar-refractivity contribution is -0.137. The number of carbonyl (C=O) groups is 1. The lowest BCUT2D eigenvalue weighted by atomic mass is 10.1. The van der Waals surface area contributed by atoms with Gasteiger partial charge in [-0.3, -0.25) is 4.79 Å². The number of rotatable bonds is 3. The zero-order chi connectivity index (χ0) is 13.2. The van der Waals surface area contributed by atoms with Gasteiger partial charge in [-0.05, 0) is 32.4 Å². The molecule has 1 unspecified atom stereocenters. The van der Waals surface area contributed by atoms with E-state index in [1.807, 2.05) is 45.0 Å². The lowest BCUT2D eigenvalue weighted by Gasteiger charge is -2.17. The molecule has 4 nitrogen and oxygen atoms in total. The second-order valence-electron chi connectivity index (χ2n) is 4.98. The molecule has 1 saturated heterocycles. The summed E-state index contributed by atoms with van der Waals surface area (Å²) in [5.41, 5.74) is 1.68. The van der Waals surface area contributed by atoms with Crippen molar-refractivity contribution in [1.29, 1.82) is 0 Å². The van der Waals surface area contributed by atoms with Gasteiger partial charge in [-0.2, -0.15) is 0 Å². The molecule has 0 radical (unpaired) electrons. The van der Waals surface area contributed by atoms with Crippen molar-refractivity contribution < 1.29 is 14.3 Å². The van der Waals surface area contributed by atoms with Gasteiger partial charge >= 0.3 is 0 Å². The molecule has 1 amide bonds. The molecule has 0 saturated carbocycles. The van der Waals surface area contributed by atoms with Gasteiger partial charge in [0, 0.05) is 12.1 Å². The molecule has 0 bridgehead atoms. The summed E-state index contributed by atoms with van der Waals surface area (Å²) < 4.78 is 11.1. The number of aryl methyl sites for hydroxylation is 1. The minimum atomic E-state index is -0.544. The standard InChI is InChI=1S/C14H19NO3/c1-10-6-4-5-7-12(10)13(16)15-8-11-9-17-14(2,3)18-11/h4-7,11H,8-9H2,1-3H3,(H,15,16). The molecule has 1 N–H and O–H groups in total. The van der Waals surface area contributed by atoms with Crippen molar-refractivity contribution in [3.8, 4) is 0 Å². The Labute approximate surface area is 107 Å². The molecule has 1 aromatic rings. The van der Waals surface area contributed by atoms with E-state index < -0.39 is 5.79 Å². The van der Waals surface area contributed by atoms with E-state index in [0.29, 0.717) is 18.7 Å². The highest BCUT2D eigenvalue weighted by molar-refractivity contribution is 5.95. The summed E-state index contributed by atoms with van der Waals surface area (Å²) in [4.78, 5) is 12.0. The predicted molar refractivity (Wildman–Crippen MR) is 68.4 cm³/mol.